The van der Waals surface area contributed by atoms with Gasteiger partial charge in [-0.15, -0.1) is 0 Å². The number of hydrogen-bond donors (Lipinski definition) is 0. The summed E-state index contributed by atoms with van der Waals surface area (Å²) < 4.78 is 16.7. The minimum Gasteiger partial charge on any atom is -0.490 e. The SMILES string of the molecule is CC(C)c1cc(C(=O)N2CCC(Oc3cccc(C(=O)N4CCOCC4)c3)CC2)on1. The fourth-order valence-electron chi connectivity index (χ4n) is 3.84. The van der Waals surface area contributed by atoms with Crippen molar-refractivity contribution in [2.24, 2.45) is 0 Å². The van der Waals surface area contributed by atoms with Crippen molar-refractivity contribution in [1.82, 2.24) is 15.0 Å². The molecule has 2 aliphatic rings. The number of benzene rings is 1. The van der Waals surface area contributed by atoms with Gasteiger partial charge in [0, 0.05) is 50.7 Å². The zero-order chi connectivity index (χ0) is 21.8. The highest BCUT2D eigenvalue weighted by Gasteiger charge is 2.27. The van der Waals surface area contributed by atoms with E-state index in [1.807, 2.05) is 32.0 Å². The quantitative estimate of drug-likeness (QED) is 0.729. The summed E-state index contributed by atoms with van der Waals surface area (Å²) >= 11 is 0. The van der Waals surface area contributed by atoms with E-state index in [9.17, 15) is 9.59 Å². The van der Waals surface area contributed by atoms with E-state index in [1.54, 1.807) is 21.9 Å². The second-order valence-corrected chi connectivity index (χ2v) is 8.31. The van der Waals surface area contributed by atoms with Crippen molar-refractivity contribution in [2.75, 3.05) is 39.4 Å². The van der Waals surface area contributed by atoms with E-state index in [-0.39, 0.29) is 29.6 Å². The molecule has 2 fully saturated rings. The van der Waals surface area contributed by atoms with Crippen LogP contribution in [0.2, 0.25) is 0 Å². The summed E-state index contributed by atoms with van der Waals surface area (Å²) in [5.74, 6) is 1.06. The van der Waals surface area contributed by atoms with Gasteiger partial charge in [-0.25, -0.2) is 0 Å². The Bertz CT molecular complexity index is 911. The van der Waals surface area contributed by atoms with Crippen LogP contribution in [0.15, 0.2) is 34.9 Å². The van der Waals surface area contributed by atoms with E-state index in [0.717, 1.165) is 18.5 Å². The third kappa shape index (κ3) is 5.07. The molecule has 1 aromatic carbocycles. The van der Waals surface area contributed by atoms with Crippen LogP contribution >= 0.6 is 0 Å². The first-order chi connectivity index (χ1) is 15.0. The van der Waals surface area contributed by atoms with Gasteiger partial charge in [0.25, 0.3) is 11.8 Å². The summed E-state index contributed by atoms with van der Waals surface area (Å²) in [5, 5.41) is 3.97. The van der Waals surface area contributed by atoms with Crippen LogP contribution in [0.5, 0.6) is 5.75 Å². The van der Waals surface area contributed by atoms with Crippen LogP contribution in [0.4, 0.5) is 0 Å². The van der Waals surface area contributed by atoms with Crippen LogP contribution in [0.3, 0.4) is 0 Å². The Kier molecular flexibility index (Phi) is 6.56. The maximum Gasteiger partial charge on any atom is 0.292 e. The number of morpholine rings is 1. The normalized spacial score (nSPS) is 17.8. The van der Waals surface area contributed by atoms with Gasteiger partial charge in [-0.1, -0.05) is 25.1 Å². The molecule has 0 unspecified atom stereocenters. The van der Waals surface area contributed by atoms with Crippen molar-refractivity contribution >= 4 is 11.8 Å². The minimum absolute atomic E-state index is 0.00117. The van der Waals surface area contributed by atoms with E-state index in [4.69, 9.17) is 14.0 Å². The van der Waals surface area contributed by atoms with Crippen LogP contribution in [0.1, 0.15) is 59.2 Å². The first-order valence-electron chi connectivity index (χ1n) is 10.9. The number of carbonyl (C=O) groups is 2. The van der Waals surface area contributed by atoms with Gasteiger partial charge in [0.2, 0.25) is 5.76 Å². The average Bonchev–Trinajstić information content (AvgIpc) is 3.30. The lowest BCUT2D eigenvalue weighted by molar-refractivity contribution is 0.0302. The molecule has 0 radical (unpaired) electrons. The number of rotatable bonds is 5. The van der Waals surface area contributed by atoms with Gasteiger partial charge in [-0.3, -0.25) is 9.59 Å². The zero-order valence-electron chi connectivity index (χ0n) is 18.1. The first-order valence-corrected chi connectivity index (χ1v) is 10.9. The number of amides is 2. The molecule has 8 nitrogen and oxygen atoms in total. The lowest BCUT2D eigenvalue weighted by Crippen LogP contribution is -2.41. The van der Waals surface area contributed by atoms with Gasteiger partial charge in [0.1, 0.15) is 11.9 Å². The Morgan fingerprint density at radius 2 is 1.74 bits per heavy atom. The lowest BCUT2D eigenvalue weighted by Gasteiger charge is -2.31. The molecule has 0 atom stereocenters. The maximum atomic E-state index is 12.7. The van der Waals surface area contributed by atoms with Crippen LogP contribution in [-0.4, -0.2) is 72.3 Å². The topological polar surface area (TPSA) is 85.1 Å². The van der Waals surface area contributed by atoms with Crippen molar-refractivity contribution in [3.63, 3.8) is 0 Å². The summed E-state index contributed by atoms with van der Waals surface area (Å²) in [7, 11) is 0. The smallest absolute Gasteiger partial charge is 0.292 e. The molecule has 0 spiro atoms. The van der Waals surface area contributed by atoms with Gasteiger partial charge >= 0.3 is 0 Å². The van der Waals surface area contributed by atoms with Gasteiger partial charge in [-0.2, -0.15) is 0 Å². The molecule has 8 heteroatoms. The Morgan fingerprint density at radius 1 is 1.03 bits per heavy atom. The molecule has 0 N–H and O–H groups in total. The molecular weight excluding hydrogens is 398 g/mol. The lowest BCUT2D eigenvalue weighted by atomic mass is 10.1. The molecule has 31 heavy (non-hydrogen) atoms. The molecule has 3 heterocycles. The monoisotopic (exact) mass is 427 g/mol. The van der Waals surface area contributed by atoms with E-state index in [0.29, 0.717) is 50.7 Å². The van der Waals surface area contributed by atoms with Gasteiger partial charge in [-0.05, 0) is 24.1 Å². The average molecular weight is 428 g/mol. The van der Waals surface area contributed by atoms with E-state index in [2.05, 4.69) is 5.16 Å². The third-order valence-electron chi connectivity index (χ3n) is 5.74. The number of carbonyl (C=O) groups excluding carboxylic acids is 2. The van der Waals surface area contributed by atoms with Crippen molar-refractivity contribution in [1.29, 1.82) is 0 Å². The fourth-order valence-corrected chi connectivity index (χ4v) is 3.84. The molecule has 1 aromatic heterocycles. The number of ether oxygens (including phenoxy) is 2. The van der Waals surface area contributed by atoms with E-state index in [1.165, 1.54) is 0 Å². The maximum absolute atomic E-state index is 12.7. The largest absolute Gasteiger partial charge is 0.490 e. The molecular formula is C23H29N3O5. The Balaban J connectivity index is 1.31. The molecule has 2 aliphatic heterocycles. The summed E-state index contributed by atoms with van der Waals surface area (Å²) in [6.07, 6.45) is 1.44. The number of piperidine rings is 1. The molecule has 4 rings (SSSR count). The summed E-state index contributed by atoms with van der Waals surface area (Å²) in [6.45, 7) is 7.58. The summed E-state index contributed by atoms with van der Waals surface area (Å²) in [6, 6.07) is 9.06. The van der Waals surface area contributed by atoms with Crippen molar-refractivity contribution in [3.8, 4) is 5.75 Å². The molecule has 166 valence electrons. The standard InChI is InChI=1S/C23H29N3O5/c1-16(2)20-15-21(31-24-20)23(28)25-8-6-18(7-9-25)30-19-5-3-4-17(14-19)22(27)26-10-12-29-13-11-26/h3-5,14-16,18H,6-13H2,1-2H3. The molecule has 0 bridgehead atoms. The van der Waals surface area contributed by atoms with E-state index < -0.39 is 0 Å². The second kappa shape index (κ2) is 9.51. The Morgan fingerprint density at radius 3 is 2.42 bits per heavy atom. The third-order valence-corrected chi connectivity index (χ3v) is 5.74. The van der Waals surface area contributed by atoms with Crippen LogP contribution in [0.25, 0.3) is 0 Å². The minimum atomic E-state index is -0.129. The highest BCUT2D eigenvalue weighted by atomic mass is 16.5. The zero-order valence-corrected chi connectivity index (χ0v) is 18.1. The van der Waals surface area contributed by atoms with Gasteiger partial charge in [0.15, 0.2) is 0 Å². The molecule has 2 amide bonds. The summed E-state index contributed by atoms with van der Waals surface area (Å²) in [4.78, 5) is 29.0. The predicted octanol–water partition coefficient (Wildman–Crippen LogP) is 2.95. The number of hydrogen-bond acceptors (Lipinski definition) is 6. The van der Waals surface area contributed by atoms with Crippen molar-refractivity contribution in [3.05, 3.63) is 47.3 Å². The van der Waals surface area contributed by atoms with Crippen LogP contribution < -0.4 is 4.74 Å². The van der Waals surface area contributed by atoms with Crippen LogP contribution in [0, 0.1) is 0 Å². The molecule has 0 saturated carbocycles. The van der Waals surface area contributed by atoms with Gasteiger partial charge in [0.05, 0.1) is 18.9 Å². The number of likely N-dealkylation sites (tertiary alicyclic amines) is 1. The van der Waals surface area contributed by atoms with Crippen LogP contribution in [-0.2, 0) is 4.74 Å². The van der Waals surface area contributed by atoms with E-state index >= 15 is 0 Å². The summed E-state index contributed by atoms with van der Waals surface area (Å²) in [5.41, 5.74) is 1.41. The number of aromatic nitrogens is 1. The highest BCUT2D eigenvalue weighted by Crippen LogP contribution is 2.23. The highest BCUT2D eigenvalue weighted by molar-refractivity contribution is 5.94. The first kappa shape index (κ1) is 21.4. The van der Waals surface area contributed by atoms with Crippen molar-refractivity contribution in [2.45, 2.75) is 38.7 Å². The molecule has 2 saturated heterocycles. The predicted molar refractivity (Wildman–Crippen MR) is 113 cm³/mol. The molecule has 0 aliphatic carbocycles. The Labute approximate surface area is 182 Å². The molecule has 2 aromatic rings. The Hall–Kier alpha value is -2.87. The van der Waals surface area contributed by atoms with Crippen molar-refractivity contribution < 1.29 is 23.6 Å². The van der Waals surface area contributed by atoms with Gasteiger partial charge < -0.3 is 23.8 Å². The fraction of sp³-hybridized carbons (Fsp3) is 0.522. The second-order valence-electron chi connectivity index (χ2n) is 8.31. The number of nitrogens with zero attached hydrogens (tertiary/aromatic N) is 3.